The number of halogens is 2. The normalized spacial score (nSPS) is 14.6. The fraction of sp³-hybridized carbons (Fsp3) is 0.0385. The van der Waals surface area contributed by atoms with Crippen LogP contribution in [0, 0.1) is 25.5 Å². The summed E-state index contributed by atoms with van der Waals surface area (Å²) in [5, 5.41) is 3.93. The smallest absolute Gasteiger partial charge is 0.137 e. The van der Waals surface area contributed by atoms with Gasteiger partial charge in [-0.15, -0.1) is 0 Å². The highest BCUT2D eigenvalue weighted by molar-refractivity contribution is 6.15. The van der Waals surface area contributed by atoms with Crippen molar-refractivity contribution in [2.45, 2.75) is 24.7 Å². The molecule has 0 spiro atoms. The van der Waals surface area contributed by atoms with Crippen LogP contribution in [0.1, 0.15) is 66.8 Å². The van der Waals surface area contributed by atoms with Gasteiger partial charge in [-0.1, -0.05) is 232 Å². The molecule has 2 atom stereocenters. The predicted molar refractivity (Wildman–Crippen MR) is 453 cm³/mol. The van der Waals surface area contributed by atoms with Crippen LogP contribution in [-0.2, 0) is 10.8 Å². The molecule has 2 aromatic heterocycles. The van der Waals surface area contributed by atoms with Gasteiger partial charge in [-0.05, 0) is 260 Å². The van der Waals surface area contributed by atoms with Gasteiger partial charge in [0.1, 0.15) is 57.0 Å². The Morgan fingerprint density at radius 3 is 1.04 bits per heavy atom. The molecule has 2 unspecified atom stereocenters. The Hall–Kier alpha value is -14.3. The summed E-state index contributed by atoms with van der Waals surface area (Å²) >= 11 is 0. The van der Waals surface area contributed by atoms with Crippen LogP contribution < -0.4 is 19.3 Å². The van der Waals surface area contributed by atoms with Crippen LogP contribution in [0.3, 0.4) is 0 Å². The van der Waals surface area contributed by atoms with Crippen molar-refractivity contribution in [3.63, 3.8) is 0 Å². The molecule has 0 fully saturated rings. The lowest BCUT2D eigenvalue weighted by Crippen LogP contribution is -2.29. The van der Waals surface area contributed by atoms with Crippen molar-refractivity contribution in [3.05, 3.63) is 443 Å². The average Bonchev–Trinajstić information content (AvgIpc) is 1.53. The molecule has 534 valence electrons. The lowest BCUT2D eigenvalue weighted by Gasteiger charge is -2.35. The van der Waals surface area contributed by atoms with Gasteiger partial charge in [0.05, 0.1) is 33.0 Å². The first-order chi connectivity index (χ1) is 55.0. The molecule has 16 aromatic carbocycles. The number of para-hydroxylation sites is 2. The topological polar surface area (TPSA) is 51.2 Å². The van der Waals surface area contributed by atoms with Gasteiger partial charge in [0.2, 0.25) is 0 Å². The van der Waals surface area contributed by atoms with E-state index < -0.39 is 10.8 Å². The van der Waals surface area contributed by atoms with Crippen LogP contribution >= 0.6 is 0 Å². The van der Waals surface area contributed by atoms with Gasteiger partial charge in [-0.2, -0.15) is 0 Å². The van der Waals surface area contributed by atoms with Gasteiger partial charge in [0.15, 0.2) is 0 Å². The predicted octanol–water partition coefficient (Wildman–Crippen LogP) is 28.6. The van der Waals surface area contributed by atoms with Crippen molar-refractivity contribution in [3.8, 4) is 56.4 Å². The summed E-state index contributed by atoms with van der Waals surface area (Å²) < 4.78 is 59.4. The molecule has 112 heavy (non-hydrogen) atoms. The number of ether oxygens (including phenoxy) is 2. The zero-order chi connectivity index (χ0) is 75.3. The highest BCUT2D eigenvalue weighted by atomic mass is 19.1. The van der Waals surface area contributed by atoms with E-state index >= 15 is 8.78 Å². The Labute approximate surface area is 647 Å². The maximum Gasteiger partial charge on any atom is 0.137 e. The number of hydrogen-bond donors (Lipinski definition) is 0. The van der Waals surface area contributed by atoms with Crippen LogP contribution in [0.25, 0.3) is 89.4 Å². The molecular weight excluding hydrogens is 1380 g/mol. The number of furan rings is 2. The number of benzene rings is 16. The maximum absolute atomic E-state index is 16.6. The molecule has 0 aliphatic heterocycles. The van der Waals surface area contributed by atoms with Crippen molar-refractivity contribution in [2.75, 3.05) is 9.80 Å². The Kier molecular flexibility index (Phi) is 16.0. The van der Waals surface area contributed by atoms with Gasteiger partial charge in [0, 0.05) is 33.5 Å². The molecule has 20 rings (SSSR count). The Balaban J connectivity index is 0.721. The molecule has 2 aliphatic rings. The van der Waals surface area contributed by atoms with Crippen LogP contribution in [0.15, 0.2) is 374 Å². The van der Waals surface area contributed by atoms with Crippen LogP contribution in [-0.4, -0.2) is 0 Å². The summed E-state index contributed by atoms with van der Waals surface area (Å²) in [4.78, 5) is 4.67. The van der Waals surface area contributed by atoms with Gasteiger partial charge in [-0.25, -0.2) is 8.78 Å². The van der Waals surface area contributed by atoms with E-state index in [0.29, 0.717) is 34.1 Å². The fourth-order valence-electron chi connectivity index (χ4n) is 17.5. The van der Waals surface area contributed by atoms with E-state index in [1.54, 1.807) is 12.1 Å². The van der Waals surface area contributed by atoms with E-state index in [9.17, 15) is 0 Å². The third-order valence-corrected chi connectivity index (χ3v) is 22.9. The monoisotopic (exact) mass is 1450 g/mol. The third-order valence-electron chi connectivity index (χ3n) is 22.9. The number of rotatable bonds is 17. The highest BCUT2D eigenvalue weighted by Crippen LogP contribution is 2.61. The molecule has 0 amide bonds. The first kappa shape index (κ1) is 67.0. The van der Waals surface area contributed by atoms with E-state index in [1.165, 1.54) is 0 Å². The maximum atomic E-state index is 16.6. The fourth-order valence-corrected chi connectivity index (χ4v) is 17.5. The number of hydrogen-bond acceptors (Lipinski definition) is 6. The van der Waals surface area contributed by atoms with Gasteiger partial charge in [-0.3, -0.25) is 0 Å². The Morgan fingerprint density at radius 2 is 0.643 bits per heavy atom. The van der Waals surface area contributed by atoms with E-state index in [0.717, 1.165) is 167 Å². The minimum Gasteiger partial charge on any atom is -0.457 e. The molecule has 2 aliphatic carbocycles. The summed E-state index contributed by atoms with van der Waals surface area (Å²) in [6.07, 6.45) is 3.63. The van der Waals surface area contributed by atoms with Crippen LogP contribution in [0.5, 0.6) is 23.0 Å². The second-order valence-electron chi connectivity index (χ2n) is 29.0. The largest absolute Gasteiger partial charge is 0.457 e. The minimum atomic E-state index is -0.978. The van der Waals surface area contributed by atoms with E-state index in [1.807, 2.05) is 147 Å². The molecule has 8 heteroatoms. The molecule has 18 aromatic rings. The summed E-state index contributed by atoms with van der Waals surface area (Å²) in [6, 6.07) is 121. The summed E-state index contributed by atoms with van der Waals surface area (Å²) in [6.45, 7) is 11.5. The first-order valence-electron chi connectivity index (χ1n) is 37.7. The molecule has 2 heterocycles. The lowest BCUT2D eigenvalue weighted by atomic mass is 9.67. The van der Waals surface area contributed by atoms with Crippen molar-refractivity contribution >= 4 is 90.2 Å². The third kappa shape index (κ3) is 10.8. The van der Waals surface area contributed by atoms with E-state index in [2.05, 4.69) is 241 Å². The van der Waals surface area contributed by atoms with Crippen LogP contribution in [0.2, 0.25) is 0 Å². The second kappa shape index (κ2) is 26.8. The minimum absolute atomic E-state index is 0.279. The van der Waals surface area contributed by atoms with Crippen LogP contribution in [0.4, 0.5) is 42.9 Å². The molecular formula is C104H70F2N2O4. The molecule has 0 saturated carbocycles. The molecule has 0 saturated heterocycles. The highest BCUT2D eigenvalue weighted by Gasteiger charge is 2.49. The lowest BCUT2D eigenvalue weighted by molar-refractivity contribution is 0.482. The number of aryl methyl sites for hydroxylation is 2. The molecule has 0 N–H and O–H groups in total. The average molecular weight is 1450 g/mol. The van der Waals surface area contributed by atoms with Crippen molar-refractivity contribution < 1.29 is 27.1 Å². The van der Waals surface area contributed by atoms with E-state index in [4.69, 9.17) is 18.3 Å². The van der Waals surface area contributed by atoms with Crippen molar-refractivity contribution in [2.24, 2.45) is 0 Å². The van der Waals surface area contributed by atoms with E-state index in [-0.39, 0.29) is 11.6 Å². The molecule has 0 bridgehead atoms. The molecule has 0 radical (unpaired) electrons. The quantitative estimate of drug-likeness (QED) is 0.0906. The Morgan fingerprint density at radius 1 is 0.304 bits per heavy atom. The Bertz CT molecular complexity index is 6370. The zero-order valence-electron chi connectivity index (χ0n) is 61.3. The zero-order valence-corrected chi connectivity index (χ0v) is 61.3. The van der Waals surface area contributed by atoms with Gasteiger partial charge >= 0.3 is 0 Å². The second-order valence-corrected chi connectivity index (χ2v) is 29.0. The number of nitrogens with zero attached hydrogens (tertiary/aromatic N) is 2. The number of anilines is 6. The van der Waals surface area contributed by atoms with Crippen molar-refractivity contribution in [1.29, 1.82) is 0 Å². The number of fused-ring (bicyclic) bond motifs is 12. The van der Waals surface area contributed by atoms with Crippen molar-refractivity contribution in [1.82, 2.24) is 0 Å². The molecule has 6 nitrogen and oxygen atoms in total. The SMILES string of the molecule is C=Cc1ccc(Oc2ccc(C3(c4ccc(C)c(F)c4)c4ccccc4-c4ccc(N(c5ccc(-c6ccc(N(c7ccc8c(c7)C(c7ccc(Oc9ccc(C=C)cc9)cc7)(c7ccc(C)c(F)c7)c7ccccc7-8)c7cccc8oc9ccccc9c78)cc6)cc5)c5cccc6oc7ccccc7c56)cc43)cc2)cc1. The summed E-state index contributed by atoms with van der Waals surface area (Å²) in [5.41, 5.74) is 23.7. The first-order valence-corrected chi connectivity index (χ1v) is 37.7. The van der Waals surface area contributed by atoms with Gasteiger partial charge < -0.3 is 28.1 Å². The standard InChI is InChI=1S/C104H70F2N2O4/c1-5-67-31-51-79(52-32-67)109-81-55-41-71(42-56-81)103(73-39-29-65(3)93(105)61-73)89-21-11-7-17-83(89)85-59-49-77(63-91(85)103)107(95-23-15-27-99-101(95)87-19-9-13-25-97(87)111-99)75-45-35-69(36-46-75)70-37-47-76(48-38-70)108(96-24-16-28-100-102(96)88-20-10-14-26-98(88)112-100)78-50-60-86-84-18-8-12-22-90(84)104(92(86)64-78,74-40-30-66(4)94(106)62-74)72-43-57-82(58-44-72)110-80-53-33-68(6-2)34-54-80/h5-64H,1-2H2,3-4H3. The summed E-state index contributed by atoms with van der Waals surface area (Å²) in [5.74, 6) is 2.20. The van der Waals surface area contributed by atoms with Gasteiger partial charge in [0.25, 0.3) is 0 Å². The summed E-state index contributed by atoms with van der Waals surface area (Å²) in [7, 11) is 0.